The lowest BCUT2D eigenvalue weighted by atomic mass is 9.95. The minimum atomic E-state index is -0.468. The zero-order valence-electron chi connectivity index (χ0n) is 18.1. The van der Waals surface area contributed by atoms with Gasteiger partial charge in [-0.25, -0.2) is 10.9 Å². The third-order valence-electron chi connectivity index (χ3n) is 4.16. The lowest BCUT2D eigenvalue weighted by Crippen LogP contribution is -2.34. The van der Waals surface area contributed by atoms with Crippen LogP contribution in [-0.2, 0) is 19.2 Å². The summed E-state index contributed by atoms with van der Waals surface area (Å²) < 4.78 is 4.58. The second kappa shape index (κ2) is 14.5. The Morgan fingerprint density at radius 1 is 1.36 bits per heavy atom. The van der Waals surface area contributed by atoms with E-state index in [2.05, 4.69) is 36.5 Å². The monoisotopic (exact) mass is 476 g/mol. The predicted octanol–water partition coefficient (Wildman–Crippen LogP) is 1.46. The van der Waals surface area contributed by atoms with Crippen molar-refractivity contribution in [3.05, 3.63) is 63.9 Å². The van der Waals surface area contributed by atoms with Crippen LogP contribution in [0.4, 0.5) is 0 Å². The molecule has 3 heterocycles. The van der Waals surface area contributed by atoms with Gasteiger partial charge in [0, 0.05) is 25.9 Å². The largest absolute Gasteiger partial charge is 0.511 e. The molecule has 0 spiro atoms. The number of halogens is 1. The molecule has 2 aromatic heterocycles. The van der Waals surface area contributed by atoms with Crippen molar-refractivity contribution in [2.45, 2.75) is 19.4 Å². The van der Waals surface area contributed by atoms with Gasteiger partial charge in [0.2, 0.25) is 6.41 Å². The number of aliphatic hydroxyl groups excluding tert-OH is 1. The number of ether oxygens (including phenoxy) is 1. The van der Waals surface area contributed by atoms with E-state index in [0.29, 0.717) is 24.5 Å². The molecule has 1 aliphatic heterocycles. The maximum Gasteiger partial charge on any atom is 0.257 e. The first-order chi connectivity index (χ1) is 15.8. The number of nitrogens with two attached hydrogens (primary N) is 2. The van der Waals surface area contributed by atoms with Crippen LogP contribution in [0.25, 0.3) is 5.57 Å². The highest BCUT2D eigenvalue weighted by Gasteiger charge is 2.30. The average molecular weight is 477 g/mol. The molecule has 1 unspecified atom stereocenters. The summed E-state index contributed by atoms with van der Waals surface area (Å²) in [4.78, 5) is 33.3. The minimum Gasteiger partial charge on any atom is -0.511 e. The van der Waals surface area contributed by atoms with Gasteiger partial charge in [-0.3, -0.25) is 14.6 Å². The standard InChI is InChI=1S/C17H13ClN4O2.C3H9NO2.CH3NO/c1-9-2-3-12(20-7-9)16-15(23)5-13(22-17(16)24)10-4-11(18)14(6-19)21-8-10;1-5-2-3-6-4;2-1-3/h2-4,7-8,13,23H,5H2,1H3,(H,22,24);2-4H2,1H3;1H,(H2,2,3). The third kappa shape index (κ3) is 8.47. The van der Waals surface area contributed by atoms with E-state index in [-0.39, 0.29) is 34.9 Å². The van der Waals surface area contributed by atoms with Gasteiger partial charge < -0.3 is 25.7 Å². The number of nitrogens with zero attached hydrogens (tertiary/aromatic N) is 3. The van der Waals surface area contributed by atoms with E-state index in [1.54, 1.807) is 25.4 Å². The van der Waals surface area contributed by atoms with Gasteiger partial charge in [0.15, 0.2) is 5.69 Å². The first-order valence-corrected chi connectivity index (χ1v) is 9.88. The van der Waals surface area contributed by atoms with Crippen LogP contribution in [0.3, 0.4) is 0 Å². The van der Waals surface area contributed by atoms with Crippen molar-refractivity contribution in [2.24, 2.45) is 11.6 Å². The summed E-state index contributed by atoms with van der Waals surface area (Å²) in [5, 5.41) is 22.2. The molecular weight excluding hydrogens is 452 g/mol. The van der Waals surface area contributed by atoms with Crippen LogP contribution in [0.1, 0.15) is 35.0 Å². The molecule has 3 rings (SSSR count). The quantitative estimate of drug-likeness (QED) is 0.281. The molecule has 2 aromatic rings. The number of hydrogen-bond acceptors (Lipinski definition) is 9. The van der Waals surface area contributed by atoms with Crippen molar-refractivity contribution in [2.75, 3.05) is 20.3 Å². The molecule has 0 fully saturated rings. The van der Waals surface area contributed by atoms with E-state index in [4.69, 9.17) is 21.7 Å². The van der Waals surface area contributed by atoms with Crippen LogP contribution in [-0.4, -0.2) is 47.7 Å². The SMILES string of the molecule is COCCON.Cc1ccc(C2=C(O)CC(c3cnc(C#N)c(Cl)c3)NC2=O)nc1.NC=O. The van der Waals surface area contributed by atoms with Crippen molar-refractivity contribution >= 4 is 29.5 Å². The number of carbonyl (C=O) groups excluding carboxylic acids is 2. The fourth-order valence-electron chi connectivity index (χ4n) is 2.65. The van der Waals surface area contributed by atoms with Gasteiger partial charge >= 0.3 is 0 Å². The third-order valence-corrected chi connectivity index (χ3v) is 4.45. The summed E-state index contributed by atoms with van der Waals surface area (Å²) in [5.74, 6) is 4.18. The fraction of sp³-hybridized carbons (Fsp3) is 0.286. The normalized spacial score (nSPS) is 14.6. The Balaban J connectivity index is 0.000000518. The summed E-state index contributed by atoms with van der Waals surface area (Å²) in [7, 11) is 1.60. The van der Waals surface area contributed by atoms with Gasteiger partial charge in [-0.1, -0.05) is 17.7 Å². The molecule has 1 atom stereocenters. The number of aryl methyl sites for hydroxylation is 1. The van der Waals surface area contributed by atoms with Crippen LogP contribution in [0.2, 0.25) is 5.02 Å². The molecular formula is C21H25ClN6O5. The van der Waals surface area contributed by atoms with Crippen molar-refractivity contribution in [1.82, 2.24) is 15.3 Å². The molecule has 0 bridgehead atoms. The number of nitrogens with one attached hydrogen (secondary N) is 1. The summed E-state index contributed by atoms with van der Waals surface area (Å²) in [5.41, 5.74) is 6.46. The zero-order valence-corrected chi connectivity index (χ0v) is 18.9. The molecule has 12 heteroatoms. The summed E-state index contributed by atoms with van der Waals surface area (Å²) >= 11 is 5.98. The lowest BCUT2D eigenvalue weighted by molar-refractivity contribution is -0.117. The minimum absolute atomic E-state index is 0.0411. The number of nitriles is 1. The van der Waals surface area contributed by atoms with E-state index in [1.165, 1.54) is 6.20 Å². The van der Waals surface area contributed by atoms with Crippen molar-refractivity contribution in [3.63, 3.8) is 0 Å². The summed E-state index contributed by atoms with van der Waals surface area (Å²) in [6.07, 6.45) is 3.55. The van der Waals surface area contributed by atoms with Gasteiger partial charge in [-0.05, 0) is 30.2 Å². The number of carbonyl (C=O) groups is 2. The molecule has 0 saturated carbocycles. The number of aliphatic hydroxyl groups is 1. The highest BCUT2D eigenvalue weighted by atomic mass is 35.5. The number of hydrogen-bond donors (Lipinski definition) is 4. The Kier molecular flexibility index (Phi) is 12.1. The first-order valence-electron chi connectivity index (χ1n) is 9.50. The van der Waals surface area contributed by atoms with Crippen LogP contribution in [0.15, 0.2) is 36.4 Å². The van der Waals surface area contributed by atoms with E-state index in [9.17, 15) is 9.90 Å². The fourth-order valence-corrected chi connectivity index (χ4v) is 2.86. The molecule has 0 aliphatic carbocycles. The topological polar surface area (TPSA) is 186 Å². The van der Waals surface area contributed by atoms with E-state index in [0.717, 1.165) is 5.56 Å². The van der Waals surface area contributed by atoms with Crippen molar-refractivity contribution < 1.29 is 24.3 Å². The number of pyridine rings is 2. The molecule has 0 saturated heterocycles. The van der Waals surface area contributed by atoms with Crippen molar-refractivity contribution in [1.29, 1.82) is 5.26 Å². The molecule has 2 amide bonds. The Bertz CT molecular complexity index is 1000. The maximum absolute atomic E-state index is 12.4. The number of primary amides is 1. The smallest absolute Gasteiger partial charge is 0.257 e. The van der Waals surface area contributed by atoms with Gasteiger partial charge in [0.25, 0.3) is 5.91 Å². The second-order valence-corrected chi connectivity index (χ2v) is 6.89. The van der Waals surface area contributed by atoms with Gasteiger partial charge in [-0.2, -0.15) is 5.26 Å². The second-order valence-electron chi connectivity index (χ2n) is 6.48. The van der Waals surface area contributed by atoms with E-state index < -0.39 is 11.9 Å². The predicted molar refractivity (Wildman–Crippen MR) is 120 cm³/mol. The van der Waals surface area contributed by atoms with Crippen LogP contribution in [0.5, 0.6) is 0 Å². The number of aromatic nitrogens is 2. The molecule has 6 N–H and O–H groups in total. The van der Waals surface area contributed by atoms with Crippen LogP contribution >= 0.6 is 11.6 Å². The Labute approximate surface area is 195 Å². The van der Waals surface area contributed by atoms with Gasteiger partial charge in [-0.15, -0.1) is 0 Å². The van der Waals surface area contributed by atoms with Crippen molar-refractivity contribution in [3.8, 4) is 6.07 Å². The van der Waals surface area contributed by atoms with Crippen LogP contribution in [0, 0.1) is 18.3 Å². The molecule has 0 radical (unpaired) electrons. The average Bonchev–Trinajstić information content (AvgIpc) is 2.79. The number of rotatable bonds is 5. The molecule has 33 heavy (non-hydrogen) atoms. The summed E-state index contributed by atoms with van der Waals surface area (Å²) in [6, 6.07) is 6.50. The summed E-state index contributed by atoms with van der Waals surface area (Å²) in [6.45, 7) is 2.93. The van der Waals surface area contributed by atoms with Gasteiger partial charge in [0.1, 0.15) is 17.4 Å². The Morgan fingerprint density at radius 3 is 2.52 bits per heavy atom. The molecule has 1 aliphatic rings. The Morgan fingerprint density at radius 2 is 2.06 bits per heavy atom. The molecule has 0 aromatic carbocycles. The van der Waals surface area contributed by atoms with Gasteiger partial charge in [0.05, 0.1) is 30.0 Å². The first kappa shape index (κ1) is 27.5. The highest BCUT2D eigenvalue weighted by molar-refractivity contribution is 6.31. The van der Waals surface area contributed by atoms with Crippen LogP contribution < -0.4 is 16.9 Å². The zero-order chi connectivity index (χ0) is 24.8. The maximum atomic E-state index is 12.4. The molecule has 11 nitrogen and oxygen atoms in total. The van der Waals surface area contributed by atoms with E-state index >= 15 is 0 Å². The number of methoxy groups -OCH3 is 1. The lowest BCUT2D eigenvalue weighted by Gasteiger charge is -2.25. The molecule has 176 valence electrons. The highest BCUT2D eigenvalue weighted by Crippen LogP contribution is 2.31. The van der Waals surface area contributed by atoms with E-state index in [1.807, 2.05) is 19.1 Å². The number of amides is 2. The Hall–Kier alpha value is -3.56.